The van der Waals surface area contributed by atoms with Gasteiger partial charge in [0, 0.05) is 25.9 Å². The van der Waals surface area contributed by atoms with Crippen LogP contribution in [-0.2, 0) is 4.79 Å². The summed E-state index contributed by atoms with van der Waals surface area (Å²) in [5, 5.41) is 11.9. The zero-order valence-corrected chi connectivity index (χ0v) is 12.7. The summed E-state index contributed by atoms with van der Waals surface area (Å²) >= 11 is 0. The van der Waals surface area contributed by atoms with Crippen LogP contribution in [0.5, 0.6) is 0 Å². The fraction of sp³-hybridized carbons (Fsp3) is 0.857. The highest BCUT2D eigenvalue weighted by molar-refractivity contribution is 5.82. The van der Waals surface area contributed by atoms with Gasteiger partial charge in [0.25, 0.3) is 0 Å². The van der Waals surface area contributed by atoms with Crippen molar-refractivity contribution in [3.63, 3.8) is 0 Å². The SMILES string of the molecule is CCCC(F)(F)C[C@H](N)C(=O)NC1(C#N)CCN(C)CC1. The molecule has 1 heterocycles. The van der Waals surface area contributed by atoms with Crippen molar-refractivity contribution in [2.45, 2.75) is 56.5 Å². The maximum absolute atomic E-state index is 13.5. The Morgan fingerprint density at radius 3 is 2.57 bits per heavy atom. The van der Waals surface area contributed by atoms with E-state index in [1.807, 2.05) is 7.05 Å². The molecule has 7 heteroatoms. The van der Waals surface area contributed by atoms with Crippen LogP contribution in [0.1, 0.15) is 39.0 Å². The van der Waals surface area contributed by atoms with Crippen molar-refractivity contribution in [3.05, 3.63) is 0 Å². The number of piperidine rings is 1. The lowest BCUT2D eigenvalue weighted by molar-refractivity contribution is -0.127. The number of hydrogen-bond acceptors (Lipinski definition) is 4. The lowest BCUT2D eigenvalue weighted by atomic mass is 9.88. The summed E-state index contributed by atoms with van der Waals surface area (Å²) in [6.07, 6.45) is 0.305. The summed E-state index contributed by atoms with van der Waals surface area (Å²) in [5.74, 6) is -3.62. The van der Waals surface area contributed by atoms with Crippen LogP contribution in [0, 0.1) is 11.3 Å². The van der Waals surface area contributed by atoms with Gasteiger partial charge in [0.2, 0.25) is 11.8 Å². The summed E-state index contributed by atoms with van der Waals surface area (Å²) in [6, 6.07) is 0.815. The van der Waals surface area contributed by atoms with Crippen molar-refractivity contribution in [2.75, 3.05) is 20.1 Å². The molecule has 0 aliphatic carbocycles. The number of hydrogen-bond donors (Lipinski definition) is 2. The summed E-state index contributed by atoms with van der Waals surface area (Å²) in [4.78, 5) is 14.1. The molecule has 1 aliphatic heterocycles. The van der Waals surface area contributed by atoms with Crippen molar-refractivity contribution in [1.29, 1.82) is 5.26 Å². The van der Waals surface area contributed by atoms with Gasteiger partial charge in [0.1, 0.15) is 5.54 Å². The smallest absolute Gasteiger partial charge is 0.250 e. The van der Waals surface area contributed by atoms with Gasteiger partial charge in [-0.1, -0.05) is 13.3 Å². The first kappa shape index (κ1) is 17.8. The second-order valence-electron chi connectivity index (χ2n) is 5.90. The van der Waals surface area contributed by atoms with E-state index in [9.17, 15) is 18.8 Å². The molecular formula is C14H24F2N4O. The minimum absolute atomic E-state index is 0.290. The number of nitriles is 1. The van der Waals surface area contributed by atoms with E-state index >= 15 is 0 Å². The van der Waals surface area contributed by atoms with Crippen molar-refractivity contribution >= 4 is 5.91 Å². The molecule has 0 saturated carbocycles. The maximum Gasteiger partial charge on any atom is 0.250 e. The fourth-order valence-corrected chi connectivity index (χ4v) is 2.48. The summed E-state index contributed by atoms with van der Waals surface area (Å²) in [5.41, 5.74) is 4.59. The van der Waals surface area contributed by atoms with E-state index in [1.165, 1.54) is 0 Å². The van der Waals surface area contributed by atoms with Gasteiger partial charge >= 0.3 is 0 Å². The Morgan fingerprint density at radius 2 is 2.10 bits per heavy atom. The average molecular weight is 302 g/mol. The molecule has 1 fully saturated rings. The molecule has 0 unspecified atom stereocenters. The number of amides is 1. The Kier molecular flexibility index (Phi) is 6.05. The Morgan fingerprint density at radius 1 is 1.52 bits per heavy atom. The lowest BCUT2D eigenvalue weighted by Crippen LogP contribution is -2.57. The molecule has 1 atom stereocenters. The van der Waals surface area contributed by atoms with Gasteiger partial charge in [-0.3, -0.25) is 4.79 Å². The number of nitrogens with one attached hydrogen (secondary N) is 1. The van der Waals surface area contributed by atoms with Gasteiger partial charge in [-0.2, -0.15) is 5.26 Å². The Hall–Kier alpha value is -1.26. The van der Waals surface area contributed by atoms with E-state index in [2.05, 4.69) is 16.3 Å². The largest absolute Gasteiger partial charge is 0.336 e. The number of rotatable bonds is 6. The Bertz CT molecular complexity index is 400. The van der Waals surface area contributed by atoms with Crippen LogP contribution in [0.25, 0.3) is 0 Å². The quantitative estimate of drug-likeness (QED) is 0.773. The second-order valence-corrected chi connectivity index (χ2v) is 5.90. The van der Waals surface area contributed by atoms with Crippen LogP contribution in [0.2, 0.25) is 0 Å². The first-order chi connectivity index (χ1) is 9.73. The molecule has 0 bridgehead atoms. The van der Waals surface area contributed by atoms with E-state index in [0.717, 1.165) is 0 Å². The molecule has 1 aliphatic rings. The predicted octanol–water partition coefficient (Wildman–Crippen LogP) is 1.24. The van der Waals surface area contributed by atoms with Crippen LogP contribution in [0.15, 0.2) is 0 Å². The molecule has 0 aromatic rings. The highest BCUT2D eigenvalue weighted by atomic mass is 19.3. The van der Waals surface area contributed by atoms with E-state index in [4.69, 9.17) is 5.73 Å². The molecule has 1 saturated heterocycles. The maximum atomic E-state index is 13.5. The van der Waals surface area contributed by atoms with Gasteiger partial charge in [-0.15, -0.1) is 0 Å². The van der Waals surface area contributed by atoms with Crippen molar-refractivity contribution in [1.82, 2.24) is 10.2 Å². The topological polar surface area (TPSA) is 82.1 Å². The van der Waals surface area contributed by atoms with Crippen LogP contribution < -0.4 is 11.1 Å². The van der Waals surface area contributed by atoms with E-state index in [0.29, 0.717) is 32.4 Å². The van der Waals surface area contributed by atoms with Crippen molar-refractivity contribution in [3.8, 4) is 6.07 Å². The number of carbonyl (C=O) groups excluding carboxylic acids is 1. The minimum Gasteiger partial charge on any atom is -0.336 e. The number of likely N-dealkylation sites (tertiary alicyclic amines) is 1. The first-order valence-electron chi connectivity index (χ1n) is 7.29. The molecular weight excluding hydrogens is 278 g/mol. The van der Waals surface area contributed by atoms with E-state index < -0.39 is 29.8 Å². The van der Waals surface area contributed by atoms with Crippen LogP contribution in [0.4, 0.5) is 8.78 Å². The normalized spacial score (nSPS) is 20.6. The van der Waals surface area contributed by atoms with Crippen molar-refractivity contribution < 1.29 is 13.6 Å². The van der Waals surface area contributed by atoms with Crippen LogP contribution in [0.3, 0.4) is 0 Å². The Balaban J connectivity index is 2.60. The van der Waals surface area contributed by atoms with Gasteiger partial charge in [0.15, 0.2) is 0 Å². The zero-order valence-electron chi connectivity index (χ0n) is 12.7. The standard InChI is InChI=1S/C14H24F2N4O/c1-3-4-14(15,16)9-11(18)12(21)19-13(10-17)5-7-20(2)8-6-13/h11H,3-9,18H2,1-2H3,(H,19,21)/t11-/m0/s1. The van der Waals surface area contributed by atoms with Gasteiger partial charge in [-0.05, 0) is 19.9 Å². The predicted molar refractivity (Wildman–Crippen MR) is 75.7 cm³/mol. The van der Waals surface area contributed by atoms with Gasteiger partial charge < -0.3 is 16.0 Å². The molecule has 5 nitrogen and oxygen atoms in total. The molecule has 0 radical (unpaired) electrons. The first-order valence-corrected chi connectivity index (χ1v) is 7.29. The van der Waals surface area contributed by atoms with Crippen LogP contribution in [-0.4, -0.2) is 48.4 Å². The summed E-state index contributed by atoms with van der Waals surface area (Å²) in [7, 11) is 1.93. The molecule has 21 heavy (non-hydrogen) atoms. The third-order valence-corrected chi connectivity index (χ3v) is 3.89. The third kappa shape index (κ3) is 5.21. The molecule has 0 spiro atoms. The third-order valence-electron chi connectivity index (χ3n) is 3.89. The molecule has 0 aromatic carbocycles. The van der Waals surface area contributed by atoms with E-state index in [-0.39, 0.29) is 6.42 Å². The van der Waals surface area contributed by atoms with Crippen molar-refractivity contribution in [2.24, 2.45) is 5.73 Å². The molecule has 1 rings (SSSR count). The second kappa shape index (κ2) is 7.14. The lowest BCUT2D eigenvalue weighted by Gasteiger charge is -2.36. The van der Waals surface area contributed by atoms with E-state index in [1.54, 1.807) is 6.92 Å². The summed E-state index contributed by atoms with van der Waals surface area (Å²) in [6.45, 7) is 3.01. The highest BCUT2D eigenvalue weighted by Gasteiger charge is 2.39. The molecule has 3 N–H and O–H groups in total. The summed E-state index contributed by atoms with van der Waals surface area (Å²) < 4.78 is 27.0. The number of alkyl halides is 2. The number of nitrogens with zero attached hydrogens (tertiary/aromatic N) is 2. The number of nitrogens with two attached hydrogens (primary N) is 1. The Labute approximate surface area is 124 Å². The molecule has 1 amide bonds. The highest BCUT2D eigenvalue weighted by Crippen LogP contribution is 2.26. The van der Waals surface area contributed by atoms with Gasteiger partial charge in [-0.25, -0.2) is 8.78 Å². The molecule has 120 valence electrons. The fourth-order valence-electron chi connectivity index (χ4n) is 2.48. The minimum atomic E-state index is -2.95. The monoisotopic (exact) mass is 302 g/mol. The van der Waals surface area contributed by atoms with Gasteiger partial charge in [0.05, 0.1) is 12.1 Å². The zero-order chi connectivity index (χ0) is 16.1. The van der Waals surface area contributed by atoms with Crippen LogP contribution >= 0.6 is 0 Å². The number of carbonyl (C=O) groups is 1. The molecule has 0 aromatic heterocycles. The average Bonchev–Trinajstić information content (AvgIpc) is 2.41. The number of halogens is 2.